The molecule has 0 radical (unpaired) electrons. The standard InChI is InChI=1S/C28H38N2O7S/c1-19(2)16-30(38(33,34)22-11-9-20(3)10-12-22)17-25(31)24(15-21-7-5-4-6-8-21)29-28(32)37-26-18-36-27-23(26)13-14-35-27/h4-12,19,23-27,31H,13-18H2,1-3H3,(H,29,32)/t23-,24-,25+,26-,27+/m0/s1/i19D,26D. The van der Waals surface area contributed by atoms with Crippen LogP contribution in [0.2, 0.25) is 0 Å². The number of carbonyl (C=O) groups is 1. The SMILES string of the molecule is [2H]C(C)(C)CN(C[C@@H](O)[C@H](Cc1ccccc1)NC(=O)O[C@@]1([2H])CO[C@H]2OCC[C@H]21)S(=O)(=O)c1ccc(C)cc1. The maximum atomic E-state index is 13.6. The quantitative estimate of drug-likeness (QED) is 0.444. The number of benzene rings is 2. The number of amides is 1. The van der Waals surface area contributed by atoms with Crippen LogP contribution in [0.1, 0.15) is 34.1 Å². The van der Waals surface area contributed by atoms with Crippen LogP contribution < -0.4 is 5.32 Å². The Morgan fingerprint density at radius 2 is 1.89 bits per heavy atom. The molecular weight excluding hydrogens is 508 g/mol. The van der Waals surface area contributed by atoms with Crippen molar-refractivity contribution >= 4 is 16.1 Å². The number of aliphatic hydroxyl groups excluding tert-OH is 1. The van der Waals surface area contributed by atoms with Gasteiger partial charge in [0.05, 0.1) is 37.5 Å². The van der Waals surface area contributed by atoms with E-state index >= 15 is 0 Å². The predicted octanol–water partition coefficient (Wildman–Crippen LogP) is 3.10. The van der Waals surface area contributed by atoms with Crippen LogP contribution >= 0.6 is 0 Å². The Kier molecular flexibility index (Phi) is 8.52. The number of ether oxygens (including phenoxy) is 3. The molecule has 9 nitrogen and oxygen atoms in total. The van der Waals surface area contributed by atoms with Gasteiger partial charge in [0.25, 0.3) is 0 Å². The molecule has 0 aliphatic carbocycles. The number of alkyl carbamates (subject to hydrolysis) is 1. The van der Waals surface area contributed by atoms with E-state index in [4.69, 9.17) is 17.0 Å². The second-order valence-electron chi connectivity index (χ2n) is 10.1. The third kappa shape index (κ3) is 7.12. The third-order valence-electron chi connectivity index (χ3n) is 6.67. The average Bonchev–Trinajstić information content (AvgIpc) is 3.47. The molecule has 5 atom stereocenters. The summed E-state index contributed by atoms with van der Waals surface area (Å²) in [6.07, 6.45) is -3.81. The lowest BCUT2D eigenvalue weighted by atomic mass is 10.0. The van der Waals surface area contributed by atoms with E-state index in [1.807, 2.05) is 37.3 Å². The number of hydrogen-bond donors (Lipinski definition) is 2. The number of hydrogen-bond acceptors (Lipinski definition) is 7. The Balaban J connectivity index is 1.55. The van der Waals surface area contributed by atoms with E-state index in [1.165, 1.54) is 12.1 Å². The van der Waals surface area contributed by atoms with Crippen LogP contribution in [0.25, 0.3) is 0 Å². The first-order valence-electron chi connectivity index (χ1n) is 13.8. The first kappa shape index (κ1) is 25.8. The van der Waals surface area contributed by atoms with Crippen molar-refractivity contribution in [3.05, 3.63) is 65.7 Å². The maximum absolute atomic E-state index is 13.6. The van der Waals surface area contributed by atoms with Crippen LogP contribution in [0.3, 0.4) is 0 Å². The molecule has 0 bridgehead atoms. The molecule has 4 rings (SSSR count). The molecule has 0 saturated carbocycles. The summed E-state index contributed by atoms with van der Waals surface area (Å²) in [5.41, 5.74) is 1.70. The van der Waals surface area contributed by atoms with Gasteiger partial charge in [-0.1, -0.05) is 61.9 Å². The molecule has 0 aromatic heterocycles. The molecule has 0 spiro atoms. The van der Waals surface area contributed by atoms with Crippen molar-refractivity contribution in [3.8, 4) is 0 Å². The number of sulfonamides is 1. The fraction of sp³-hybridized carbons (Fsp3) is 0.536. The van der Waals surface area contributed by atoms with Crippen LogP contribution in [0.5, 0.6) is 0 Å². The highest BCUT2D eigenvalue weighted by Crippen LogP contribution is 2.33. The zero-order chi connectivity index (χ0) is 29.1. The van der Waals surface area contributed by atoms with E-state index in [0.29, 0.717) is 13.0 Å². The smallest absolute Gasteiger partial charge is 0.407 e. The second kappa shape index (κ2) is 12.6. The lowest BCUT2D eigenvalue weighted by Crippen LogP contribution is -2.51. The van der Waals surface area contributed by atoms with Crippen LogP contribution in [0.4, 0.5) is 4.79 Å². The summed E-state index contributed by atoms with van der Waals surface area (Å²) in [6, 6.07) is 14.6. The average molecular weight is 549 g/mol. The molecule has 2 fully saturated rings. The Bertz CT molecular complexity index is 1260. The van der Waals surface area contributed by atoms with E-state index in [0.717, 1.165) is 15.4 Å². The van der Waals surface area contributed by atoms with Crippen LogP contribution in [0, 0.1) is 18.7 Å². The highest BCUT2D eigenvalue weighted by atomic mass is 32.2. The molecule has 1 amide bonds. The zero-order valence-electron chi connectivity index (χ0n) is 24.0. The Hall–Kier alpha value is -2.50. The number of aryl methyl sites for hydroxylation is 1. The van der Waals surface area contributed by atoms with Gasteiger partial charge in [0.1, 0.15) is 6.08 Å². The highest BCUT2D eigenvalue weighted by Gasteiger charge is 2.44. The molecule has 208 valence electrons. The Morgan fingerprint density at radius 1 is 1.18 bits per heavy atom. The summed E-state index contributed by atoms with van der Waals surface area (Å²) >= 11 is 0. The second-order valence-corrected chi connectivity index (χ2v) is 12.1. The number of carbonyl (C=O) groups excluding carboxylic acids is 1. The third-order valence-corrected chi connectivity index (χ3v) is 8.50. The summed E-state index contributed by atoms with van der Waals surface area (Å²) in [5, 5.41) is 14.1. The maximum Gasteiger partial charge on any atom is 0.407 e. The minimum absolute atomic E-state index is 0.0484. The summed E-state index contributed by atoms with van der Waals surface area (Å²) in [5.74, 6) is -1.58. The van der Waals surface area contributed by atoms with Crippen molar-refractivity contribution in [1.29, 1.82) is 0 Å². The molecule has 2 saturated heterocycles. The van der Waals surface area contributed by atoms with Gasteiger partial charge >= 0.3 is 6.09 Å². The van der Waals surface area contributed by atoms with Crippen molar-refractivity contribution in [1.82, 2.24) is 9.62 Å². The number of nitrogens with zero attached hydrogens (tertiary/aromatic N) is 1. The summed E-state index contributed by atoms with van der Waals surface area (Å²) < 4.78 is 61.7. The monoisotopic (exact) mass is 548 g/mol. The minimum atomic E-state index is -4.07. The fourth-order valence-corrected chi connectivity index (χ4v) is 6.22. The van der Waals surface area contributed by atoms with E-state index < -0.39 is 52.4 Å². The van der Waals surface area contributed by atoms with Gasteiger partial charge in [-0.25, -0.2) is 13.2 Å². The van der Waals surface area contributed by atoms with Crippen LogP contribution in [-0.4, -0.2) is 74.7 Å². The number of nitrogens with one attached hydrogen (secondary N) is 1. The molecular formula is C28H38N2O7S. The molecule has 2 N–H and O–H groups in total. The van der Waals surface area contributed by atoms with Crippen molar-refractivity contribution in [3.63, 3.8) is 0 Å². The molecule has 2 aliphatic rings. The van der Waals surface area contributed by atoms with Gasteiger partial charge < -0.3 is 24.6 Å². The van der Waals surface area contributed by atoms with E-state index in [2.05, 4.69) is 5.32 Å². The summed E-state index contributed by atoms with van der Waals surface area (Å²) in [7, 11) is -4.07. The van der Waals surface area contributed by atoms with Gasteiger partial charge in [0.15, 0.2) is 6.29 Å². The van der Waals surface area contributed by atoms with Gasteiger partial charge in [0, 0.05) is 14.5 Å². The Labute approximate surface area is 227 Å². The molecule has 2 aliphatic heterocycles. The minimum Gasteiger partial charge on any atom is -0.443 e. The first-order chi connectivity index (χ1) is 18.8. The lowest BCUT2D eigenvalue weighted by molar-refractivity contribution is -0.0907. The van der Waals surface area contributed by atoms with Gasteiger partial charge in [-0.05, 0) is 43.4 Å². The summed E-state index contributed by atoms with van der Waals surface area (Å²) in [6.45, 7) is 4.75. The van der Waals surface area contributed by atoms with Crippen molar-refractivity contribution in [2.45, 2.75) is 63.0 Å². The van der Waals surface area contributed by atoms with Gasteiger partial charge in [-0.3, -0.25) is 0 Å². The van der Waals surface area contributed by atoms with Crippen molar-refractivity contribution < 1.29 is 35.3 Å². The number of rotatable bonds is 11. The molecule has 2 aromatic carbocycles. The van der Waals surface area contributed by atoms with Crippen LogP contribution in [-0.2, 0) is 30.7 Å². The highest BCUT2D eigenvalue weighted by molar-refractivity contribution is 7.89. The molecule has 2 aromatic rings. The summed E-state index contributed by atoms with van der Waals surface area (Å²) in [4.78, 5) is 13.1. The van der Waals surface area contributed by atoms with Gasteiger partial charge in [0.2, 0.25) is 10.0 Å². The first-order valence-corrected chi connectivity index (χ1v) is 14.2. The predicted molar refractivity (Wildman–Crippen MR) is 142 cm³/mol. The fourth-order valence-electron chi connectivity index (χ4n) is 4.66. The number of aliphatic hydroxyl groups is 1. The van der Waals surface area contributed by atoms with Crippen LogP contribution in [0.15, 0.2) is 59.5 Å². The van der Waals surface area contributed by atoms with E-state index in [1.54, 1.807) is 26.0 Å². The van der Waals surface area contributed by atoms with E-state index in [-0.39, 0.29) is 31.0 Å². The normalized spacial score (nSPS) is 25.8. The molecule has 10 heteroatoms. The largest absolute Gasteiger partial charge is 0.443 e. The number of fused-ring (bicyclic) bond motifs is 1. The molecule has 0 unspecified atom stereocenters. The van der Waals surface area contributed by atoms with E-state index in [9.17, 15) is 18.3 Å². The van der Waals surface area contributed by atoms with Crippen molar-refractivity contribution in [2.75, 3.05) is 26.3 Å². The zero-order valence-corrected chi connectivity index (χ0v) is 22.8. The van der Waals surface area contributed by atoms with Gasteiger partial charge in [-0.15, -0.1) is 0 Å². The van der Waals surface area contributed by atoms with Gasteiger partial charge in [-0.2, -0.15) is 4.31 Å². The topological polar surface area (TPSA) is 114 Å². The van der Waals surface area contributed by atoms with Crippen molar-refractivity contribution in [2.24, 2.45) is 11.8 Å². The Morgan fingerprint density at radius 3 is 2.58 bits per heavy atom. The lowest BCUT2D eigenvalue weighted by Gasteiger charge is -2.31. The molecule has 2 heterocycles. The molecule has 38 heavy (non-hydrogen) atoms.